The molecule has 0 bridgehead atoms. The van der Waals surface area contributed by atoms with Gasteiger partial charge in [0.1, 0.15) is 5.76 Å². The average molecular weight is 338 g/mol. The van der Waals surface area contributed by atoms with Crippen LogP contribution < -0.4 is 10.1 Å². The van der Waals surface area contributed by atoms with Crippen molar-refractivity contribution in [1.82, 2.24) is 20.0 Å². The van der Waals surface area contributed by atoms with Crippen molar-refractivity contribution >= 4 is 23.3 Å². The number of rotatable bonds is 6. The van der Waals surface area contributed by atoms with Crippen LogP contribution in [0.15, 0.2) is 23.0 Å². The first-order valence-electron chi connectivity index (χ1n) is 7.14. The van der Waals surface area contributed by atoms with Gasteiger partial charge in [0.15, 0.2) is 11.0 Å². The minimum absolute atomic E-state index is 0.113. The lowest BCUT2D eigenvalue weighted by Gasteiger charge is -2.38. The fourth-order valence-corrected chi connectivity index (χ4v) is 2.46. The lowest BCUT2D eigenvalue weighted by atomic mass is 10.0. The Labute approximate surface area is 137 Å². The zero-order valence-corrected chi connectivity index (χ0v) is 13.3. The van der Waals surface area contributed by atoms with Crippen molar-refractivity contribution in [2.45, 2.75) is 6.92 Å². The fourth-order valence-electron chi connectivity index (χ4n) is 2.32. The molecule has 122 valence electrons. The predicted molar refractivity (Wildman–Crippen MR) is 82.3 cm³/mol. The summed E-state index contributed by atoms with van der Waals surface area (Å²) in [5, 5.41) is 6.72. The van der Waals surface area contributed by atoms with Crippen molar-refractivity contribution in [2.24, 2.45) is 5.92 Å². The fraction of sp³-hybridized carbons (Fsp3) is 0.429. The van der Waals surface area contributed by atoms with E-state index in [1.165, 1.54) is 12.4 Å². The van der Waals surface area contributed by atoms with Crippen molar-refractivity contribution in [3.05, 3.63) is 29.4 Å². The van der Waals surface area contributed by atoms with E-state index in [4.69, 9.17) is 20.9 Å². The molecule has 3 heterocycles. The van der Waals surface area contributed by atoms with Crippen LogP contribution in [0.1, 0.15) is 5.76 Å². The third-order valence-corrected chi connectivity index (χ3v) is 3.53. The van der Waals surface area contributed by atoms with E-state index >= 15 is 0 Å². The first-order valence-corrected chi connectivity index (χ1v) is 7.52. The van der Waals surface area contributed by atoms with Crippen molar-refractivity contribution in [2.75, 3.05) is 31.6 Å². The van der Waals surface area contributed by atoms with E-state index in [0.717, 1.165) is 13.1 Å². The monoisotopic (exact) mass is 337 g/mol. The molecule has 1 saturated heterocycles. The average Bonchev–Trinajstić information content (AvgIpc) is 2.86. The normalized spacial score (nSPS) is 15.2. The number of aromatic nitrogens is 3. The van der Waals surface area contributed by atoms with Gasteiger partial charge in [0, 0.05) is 25.1 Å². The van der Waals surface area contributed by atoms with Crippen molar-refractivity contribution in [3.63, 3.8) is 0 Å². The van der Waals surface area contributed by atoms with Gasteiger partial charge in [-0.3, -0.25) is 14.7 Å². The number of hydrogen-bond acceptors (Lipinski definition) is 7. The maximum absolute atomic E-state index is 11.8. The van der Waals surface area contributed by atoms with Crippen LogP contribution in [0.25, 0.3) is 0 Å². The minimum atomic E-state index is -0.113. The molecular formula is C14H16ClN5O3. The molecule has 9 heteroatoms. The van der Waals surface area contributed by atoms with E-state index in [1.807, 2.05) is 4.90 Å². The quantitative estimate of drug-likeness (QED) is 0.850. The second-order valence-corrected chi connectivity index (χ2v) is 5.81. The summed E-state index contributed by atoms with van der Waals surface area (Å²) in [4.78, 5) is 21.8. The molecule has 8 nitrogen and oxygen atoms in total. The predicted octanol–water partition coefficient (Wildman–Crippen LogP) is 1.38. The van der Waals surface area contributed by atoms with Crippen LogP contribution >= 0.6 is 11.6 Å². The second-order valence-electron chi connectivity index (χ2n) is 5.42. The first-order chi connectivity index (χ1) is 11.1. The molecule has 0 unspecified atom stereocenters. The highest BCUT2D eigenvalue weighted by molar-refractivity contribution is 6.29. The Morgan fingerprint density at radius 3 is 3.04 bits per heavy atom. The number of carbonyl (C=O) groups is 1. The molecule has 1 aliphatic heterocycles. The van der Waals surface area contributed by atoms with Crippen LogP contribution in [-0.4, -0.2) is 52.2 Å². The van der Waals surface area contributed by atoms with Crippen molar-refractivity contribution in [1.29, 1.82) is 0 Å². The molecule has 2 aromatic heterocycles. The van der Waals surface area contributed by atoms with Gasteiger partial charge in [0.25, 0.3) is 0 Å². The van der Waals surface area contributed by atoms with Crippen molar-refractivity contribution in [3.8, 4) is 5.88 Å². The number of nitrogens with one attached hydrogen (secondary N) is 1. The summed E-state index contributed by atoms with van der Waals surface area (Å²) in [6.45, 7) is 4.19. The number of anilines is 1. The lowest BCUT2D eigenvalue weighted by molar-refractivity contribution is -0.119. The SMILES string of the molecule is Cc1cc(NC(=O)CN2CC(COc3cncc(Cl)n3)C2)no1. The summed E-state index contributed by atoms with van der Waals surface area (Å²) >= 11 is 5.74. The molecule has 0 aromatic carbocycles. The van der Waals surface area contributed by atoms with Gasteiger partial charge in [-0.15, -0.1) is 0 Å². The van der Waals surface area contributed by atoms with E-state index in [9.17, 15) is 4.79 Å². The minimum Gasteiger partial charge on any atom is -0.476 e. The standard InChI is InChI=1S/C14H16ClN5O3/c1-9-2-12(19-23-9)18-13(21)7-20-5-10(6-20)8-22-14-4-16-3-11(15)17-14/h2-4,10H,5-8H2,1H3,(H,18,19,21). The van der Waals surface area contributed by atoms with Gasteiger partial charge in [0.05, 0.1) is 25.5 Å². The summed E-state index contributed by atoms with van der Waals surface area (Å²) in [6.07, 6.45) is 2.98. The Hall–Kier alpha value is -2.19. The van der Waals surface area contributed by atoms with Gasteiger partial charge in [-0.25, -0.2) is 0 Å². The Bertz CT molecular complexity index is 687. The molecular weight excluding hydrogens is 322 g/mol. The highest BCUT2D eigenvalue weighted by Gasteiger charge is 2.29. The molecule has 0 spiro atoms. The Balaban J connectivity index is 1.35. The number of amides is 1. The van der Waals surface area contributed by atoms with Crippen LogP contribution in [0.3, 0.4) is 0 Å². The van der Waals surface area contributed by atoms with Gasteiger partial charge in [-0.1, -0.05) is 16.8 Å². The number of hydrogen-bond donors (Lipinski definition) is 1. The largest absolute Gasteiger partial charge is 0.476 e. The highest BCUT2D eigenvalue weighted by atomic mass is 35.5. The zero-order valence-electron chi connectivity index (χ0n) is 12.5. The molecule has 1 N–H and O–H groups in total. The van der Waals surface area contributed by atoms with E-state index < -0.39 is 0 Å². The van der Waals surface area contributed by atoms with E-state index in [1.54, 1.807) is 13.0 Å². The third-order valence-electron chi connectivity index (χ3n) is 3.35. The molecule has 3 rings (SSSR count). The maximum atomic E-state index is 11.8. The molecule has 0 atom stereocenters. The summed E-state index contributed by atoms with van der Waals surface area (Å²) in [6, 6.07) is 1.68. The van der Waals surface area contributed by atoms with E-state index in [2.05, 4.69) is 20.4 Å². The molecule has 1 amide bonds. The first kappa shape index (κ1) is 15.7. The molecule has 1 fully saturated rings. The molecule has 2 aromatic rings. The van der Waals surface area contributed by atoms with Crippen LogP contribution in [-0.2, 0) is 4.79 Å². The van der Waals surface area contributed by atoms with Crippen LogP contribution in [0.2, 0.25) is 5.15 Å². The van der Waals surface area contributed by atoms with E-state index in [0.29, 0.717) is 41.7 Å². The number of ether oxygens (including phenoxy) is 1. The van der Waals surface area contributed by atoms with Gasteiger partial charge in [0.2, 0.25) is 11.8 Å². The number of aryl methyl sites for hydroxylation is 1. The molecule has 1 aliphatic rings. The lowest BCUT2D eigenvalue weighted by Crippen LogP contribution is -2.51. The number of nitrogens with zero attached hydrogens (tertiary/aromatic N) is 4. The molecule has 0 aliphatic carbocycles. The van der Waals surface area contributed by atoms with Gasteiger partial charge in [-0.2, -0.15) is 4.98 Å². The van der Waals surface area contributed by atoms with Gasteiger partial charge >= 0.3 is 0 Å². The van der Waals surface area contributed by atoms with E-state index in [-0.39, 0.29) is 5.91 Å². The Kier molecular flexibility index (Phi) is 4.73. The Morgan fingerprint density at radius 2 is 2.35 bits per heavy atom. The highest BCUT2D eigenvalue weighted by Crippen LogP contribution is 2.17. The number of carbonyl (C=O) groups excluding carboxylic acids is 1. The van der Waals surface area contributed by atoms with Crippen LogP contribution in [0.5, 0.6) is 5.88 Å². The zero-order chi connectivity index (χ0) is 16.2. The van der Waals surface area contributed by atoms with Crippen LogP contribution in [0.4, 0.5) is 5.82 Å². The van der Waals surface area contributed by atoms with Crippen molar-refractivity contribution < 1.29 is 14.1 Å². The molecule has 0 radical (unpaired) electrons. The second kappa shape index (κ2) is 6.93. The summed E-state index contributed by atoms with van der Waals surface area (Å²) in [5.41, 5.74) is 0. The van der Waals surface area contributed by atoms with Crippen LogP contribution in [0, 0.1) is 12.8 Å². The summed E-state index contributed by atoms with van der Waals surface area (Å²) < 4.78 is 10.4. The Morgan fingerprint density at radius 1 is 1.52 bits per heavy atom. The smallest absolute Gasteiger partial charge is 0.239 e. The number of halogens is 1. The summed E-state index contributed by atoms with van der Waals surface area (Å²) in [7, 11) is 0. The summed E-state index contributed by atoms with van der Waals surface area (Å²) in [5.74, 6) is 1.75. The number of likely N-dealkylation sites (tertiary alicyclic amines) is 1. The topological polar surface area (TPSA) is 93.4 Å². The van der Waals surface area contributed by atoms with Gasteiger partial charge in [-0.05, 0) is 6.92 Å². The third kappa shape index (κ3) is 4.40. The molecule has 23 heavy (non-hydrogen) atoms. The molecule has 0 saturated carbocycles. The van der Waals surface area contributed by atoms with Gasteiger partial charge < -0.3 is 14.6 Å². The maximum Gasteiger partial charge on any atom is 0.239 e.